The number of hydrogen-bond acceptors (Lipinski definition) is 6. The van der Waals surface area contributed by atoms with Gasteiger partial charge in [0.05, 0.1) is 16.8 Å². The minimum Gasteiger partial charge on any atom is -0.454 e. The van der Waals surface area contributed by atoms with Crippen LogP contribution in [0.1, 0.15) is 59.8 Å². The summed E-state index contributed by atoms with van der Waals surface area (Å²) in [6.07, 6.45) is 6.76. The largest absolute Gasteiger partial charge is 0.454 e. The molecule has 3 aromatic rings. The average molecular weight is 499 g/mol. The summed E-state index contributed by atoms with van der Waals surface area (Å²) < 4.78 is 16.6. The van der Waals surface area contributed by atoms with Crippen LogP contribution in [0.25, 0.3) is 22.6 Å². The molecular weight excluding hydrogens is 468 g/mol. The van der Waals surface area contributed by atoms with Crippen molar-refractivity contribution in [3.63, 3.8) is 0 Å². The van der Waals surface area contributed by atoms with Crippen LogP contribution in [0.2, 0.25) is 0 Å². The van der Waals surface area contributed by atoms with Crippen LogP contribution in [-0.2, 0) is 16.0 Å². The van der Waals surface area contributed by atoms with Gasteiger partial charge in [0.15, 0.2) is 18.1 Å². The van der Waals surface area contributed by atoms with Crippen LogP contribution in [0.5, 0.6) is 11.5 Å². The monoisotopic (exact) mass is 498 g/mol. The van der Waals surface area contributed by atoms with Crippen molar-refractivity contribution in [2.45, 2.75) is 39.0 Å². The summed E-state index contributed by atoms with van der Waals surface area (Å²) in [6.45, 7) is 3.49. The standard InChI is InChI=1S/C30H30N2O5/c1-2-13-32(16-19-7-8-19)27(33)17-35-30(34)28-22-5-3-4-6-24(22)31-29-21(10-11-23(28)29)14-20-9-12-25-26(15-20)37-18-36-25/h3-6,9,12,14-15,19H,2,7-8,10-11,13,16-18H2,1H3/b21-14+. The zero-order chi connectivity index (χ0) is 25.4. The number of pyridine rings is 1. The number of amides is 1. The number of fused-ring (bicyclic) bond motifs is 3. The Balaban J connectivity index is 1.29. The third kappa shape index (κ3) is 4.78. The number of esters is 1. The number of allylic oxidation sites excluding steroid dienone is 1. The van der Waals surface area contributed by atoms with Crippen LogP contribution in [-0.4, -0.2) is 48.2 Å². The highest BCUT2D eigenvalue weighted by atomic mass is 16.7. The van der Waals surface area contributed by atoms with E-state index < -0.39 is 5.97 Å². The Bertz CT molecular complexity index is 1410. The SMILES string of the molecule is CCCN(CC1CC1)C(=O)COC(=O)c1c2c(nc3ccccc13)/C(=C/c1ccc3c(c1)OCO3)CC2. The molecule has 0 atom stereocenters. The van der Waals surface area contributed by atoms with Crippen molar-refractivity contribution in [2.75, 3.05) is 26.5 Å². The van der Waals surface area contributed by atoms with Gasteiger partial charge in [-0.15, -0.1) is 0 Å². The van der Waals surface area contributed by atoms with Gasteiger partial charge in [-0.25, -0.2) is 9.78 Å². The molecule has 2 aliphatic carbocycles. The molecular formula is C30H30N2O5. The molecule has 0 saturated heterocycles. The molecule has 0 spiro atoms. The van der Waals surface area contributed by atoms with Crippen LogP contribution in [0, 0.1) is 5.92 Å². The maximum absolute atomic E-state index is 13.5. The van der Waals surface area contributed by atoms with E-state index in [1.165, 1.54) is 12.8 Å². The van der Waals surface area contributed by atoms with Gasteiger partial charge < -0.3 is 19.1 Å². The maximum Gasteiger partial charge on any atom is 0.339 e. The topological polar surface area (TPSA) is 78.0 Å². The molecule has 7 heteroatoms. The van der Waals surface area contributed by atoms with E-state index in [1.54, 1.807) is 0 Å². The van der Waals surface area contributed by atoms with Gasteiger partial charge in [-0.05, 0) is 79.0 Å². The predicted octanol–water partition coefficient (Wildman–Crippen LogP) is 5.26. The van der Waals surface area contributed by atoms with Crippen molar-refractivity contribution < 1.29 is 23.8 Å². The van der Waals surface area contributed by atoms with E-state index in [-0.39, 0.29) is 19.3 Å². The number of carbonyl (C=O) groups excluding carboxylic acids is 2. The molecule has 0 radical (unpaired) electrons. The predicted molar refractivity (Wildman–Crippen MR) is 140 cm³/mol. The second-order valence-electron chi connectivity index (χ2n) is 9.97. The molecule has 1 saturated carbocycles. The van der Waals surface area contributed by atoms with Gasteiger partial charge >= 0.3 is 5.97 Å². The summed E-state index contributed by atoms with van der Waals surface area (Å²) in [5, 5.41) is 0.756. The normalized spacial score (nSPS) is 16.7. The number of rotatable bonds is 8. The first kappa shape index (κ1) is 23.5. The first-order chi connectivity index (χ1) is 18.1. The van der Waals surface area contributed by atoms with Crippen LogP contribution >= 0.6 is 0 Å². The molecule has 1 aliphatic heterocycles. The van der Waals surface area contributed by atoms with Crippen molar-refractivity contribution in [3.8, 4) is 11.5 Å². The lowest BCUT2D eigenvalue weighted by atomic mass is 10.0. The van der Waals surface area contributed by atoms with Crippen molar-refractivity contribution in [2.24, 2.45) is 5.92 Å². The summed E-state index contributed by atoms with van der Waals surface area (Å²) >= 11 is 0. The number of nitrogens with zero attached hydrogens (tertiary/aromatic N) is 2. The Kier molecular flexibility index (Phi) is 6.28. The lowest BCUT2D eigenvalue weighted by Gasteiger charge is -2.22. The summed E-state index contributed by atoms with van der Waals surface area (Å²) in [5.74, 6) is 1.48. The molecule has 1 amide bonds. The van der Waals surface area contributed by atoms with Crippen LogP contribution in [0.4, 0.5) is 0 Å². The van der Waals surface area contributed by atoms with Gasteiger partial charge in [0, 0.05) is 18.5 Å². The Morgan fingerprint density at radius 2 is 1.95 bits per heavy atom. The van der Waals surface area contributed by atoms with Gasteiger partial charge in [-0.2, -0.15) is 0 Å². The number of carbonyl (C=O) groups is 2. The molecule has 6 rings (SSSR count). The maximum atomic E-state index is 13.5. The smallest absolute Gasteiger partial charge is 0.339 e. The van der Waals surface area contributed by atoms with Crippen molar-refractivity contribution in [1.82, 2.24) is 9.88 Å². The number of para-hydroxylation sites is 1. The molecule has 2 heterocycles. The second-order valence-corrected chi connectivity index (χ2v) is 9.97. The lowest BCUT2D eigenvalue weighted by molar-refractivity contribution is -0.134. The first-order valence-electron chi connectivity index (χ1n) is 13.1. The zero-order valence-electron chi connectivity index (χ0n) is 21.0. The highest BCUT2D eigenvalue weighted by Crippen LogP contribution is 2.39. The summed E-state index contributed by atoms with van der Waals surface area (Å²) in [7, 11) is 0. The number of hydrogen-bond donors (Lipinski definition) is 0. The third-order valence-electron chi connectivity index (χ3n) is 7.23. The van der Waals surface area contributed by atoms with Gasteiger partial charge in [-0.3, -0.25) is 4.79 Å². The van der Waals surface area contributed by atoms with E-state index in [9.17, 15) is 9.59 Å². The summed E-state index contributed by atoms with van der Waals surface area (Å²) in [5.41, 5.74) is 5.00. The zero-order valence-corrected chi connectivity index (χ0v) is 21.0. The Morgan fingerprint density at radius 3 is 2.78 bits per heavy atom. The fraction of sp³-hybridized carbons (Fsp3) is 0.367. The van der Waals surface area contributed by atoms with E-state index in [2.05, 4.69) is 13.0 Å². The second kappa shape index (κ2) is 9.88. The van der Waals surface area contributed by atoms with E-state index in [0.29, 0.717) is 24.4 Å². The Labute approximate surface area is 216 Å². The van der Waals surface area contributed by atoms with E-state index in [0.717, 1.165) is 64.2 Å². The Morgan fingerprint density at radius 1 is 1.11 bits per heavy atom. The van der Waals surface area contributed by atoms with Crippen molar-refractivity contribution >= 4 is 34.4 Å². The first-order valence-corrected chi connectivity index (χ1v) is 13.1. The van der Waals surface area contributed by atoms with E-state index >= 15 is 0 Å². The summed E-state index contributed by atoms with van der Waals surface area (Å²) in [4.78, 5) is 33.1. The van der Waals surface area contributed by atoms with Crippen LogP contribution < -0.4 is 9.47 Å². The van der Waals surface area contributed by atoms with Gasteiger partial charge in [0.1, 0.15) is 0 Å². The van der Waals surface area contributed by atoms with E-state index in [4.69, 9.17) is 19.2 Å². The van der Waals surface area contributed by atoms with Gasteiger partial charge in [0.2, 0.25) is 6.79 Å². The number of benzene rings is 2. The fourth-order valence-corrected chi connectivity index (χ4v) is 5.21. The molecule has 0 N–H and O–H groups in total. The fourth-order valence-electron chi connectivity index (χ4n) is 5.21. The quantitative estimate of drug-likeness (QED) is 0.395. The molecule has 2 aromatic carbocycles. The molecule has 7 nitrogen and oxygen atoms in total. The van der Waals surface area contributed by atoms with Gasteiger partial charge in [-0.1, -0.05) is 31.2 Å². The Hall–Kier alpha value is -3.87. The number of aromatic nitrogens is 1. The molecule has 3 aliphatic rings. The summed E-state index contributed by atoms with van der Waals surface area (Å²) in [6, 6.07) is 13.5. The highest BCUT2D eigenvalue weighted by Gasteiger charge is 2.30. The third-order valence-corrected chi connectivity index (χ3v) is 7.23. The minimum atomic E-state index is -0.463. The van der Waals surface area contributed by atoms with E-state index in [1.807, 2.05) is 47.4 Å². The molecule has 190 valence electrons. The highest BCUT2D eigenvalue weighted by molar-refractivity contribution is 6.07. The number of ether oxygens (including phenoxy) is 3. The molecule has 37 heavy (non-hydrogen) atoms. The average Bonchev–Trinajstić information content (AvgIpc) is 3.46. The molecule has 0 bridgehead atoms. The molecule has 0 unspecified atom stereocenters. The van der Waals surface area contributed by atoms with Crippen LogP contribution in [0.15, 0.2) is 42.5 Å². The lowest BCUT2D eigenvalue weighted by Crippen LogP contribution is -2.37. The minimum absolute atomic E-state index is 0.125. The van der Waals surface area contributed by atoms with Crippen LogP contribution in [0.3, 0.4) is 0 Å². The van der Waals surface area contributed by atoms with Crippen molar-refractivity contribution in [1.29, 1.82) is 0 Å². The molecule has 1 aromatic heterocycles. The van der Waals surface area contributed by atoms with Gasteiger partial charge in [0.25, 0.3) is 5.91 Å². The van der Waals surface area contributed by atoms with Crippen molar-refractivity contribution in [3.05, 3.63) is 64.8 Å². The molecule has 1 fully saturated rings.